The minimum Gasteiger partial charge on any atom is -0.390 e. The summed E-state index contributed by atoms with van der Waals surface area (Å²) in [4.78, 5) is 14.5. The van der Waals surface area contributed by atoms with Crippen LogP contribution in [0.25, 0.3) is 0 Å². The number of aliphatic hydroxyl groups is 1. The van der Waals surface area contributed by atoms with Crippen molar-refractivity contribution >= 4 is 5.91 Å². The van der Waals surface area contributed by atoms with Crippen LogP contribution in [-0.4, -0.2) is 48.2 Å². The Kier molecular flexibility index (Phi) is 7.16. The quantitative estimate of drug-likeness (QED) is 0.759. The molecule has 0 aromatic carbocycles. The molecule has 2 fully saturated rings. The molecule has 22 heavy (non-hydrogen) atoms. The van der Waals surface area contributed by atoms with Gasteiger partial charge in [-0.1, -0.05) is 39.5 Å². The zero-order valence-corrected chi connectivity index (χ0v) is 14.4. The molecule has 4 nitrogen and oxygen atoms in total. The van der Waals surface area contributed by atoms with Crippen LogP contribution in [0.3, 0.4) is 0 Å². The van der Waals surface area contributed by atoms with Gasteiger partial charge in [0, 0.05) is 19.0 Å². The van der Waals surface area contributed by atoms with E-state index in [1.165, 1.54) is 38.5 Å². The van der Waals surface area contributed by atoms with Crippen LogP contribution < -0.4 is 5.32 Å². The molecule has 4 heteroatoms. The molecule has 0 spiro atoms. The van der Waals surface area contributed by atoms with Gasteiger partial charge in [0.25, 0.3) is 0 Å². The number of rotatable bonds is 7. The zero-order valence-electron chi connectivity index (χ0n) is 14.4. The maximum absolute atomic E-state index is 12.1. The predicted molar refractivity (Wildman–Crippen MR) is 89.6 cm³/mol. The molecule has 0 aromatic heterocycles. The smallest absolute Gasteiger partial charge is 0.222 e. The predicted octanol–water partition coefficient (Wildman–Crippen LogP) is 2.41. The van der Waals surface area contributed by atoms with E-state index >= 15 is 0 Å². The Hall–Kier alpha value is -0.610. The van der Waals surface area contributed by atoms with E-state index < -0.39 is 6.10 Å². The van der Waals surface area contributed by atoms with Crippen LogP contribution >= 0.6 is 0 Å². The number of piperidine rings is 1. The molecule has 1 aliphatic heterocycles. The average molecular weight is 310 g/mol. The largest absolute Gasteiger partial charge is 0.390 e. The lowest BCUT2D eigenvalue weighted by molar-refractivity contribution is -0.125. The summed E-state index contributed by atoms with van der Waals surface area (Å²) in [5.41, 5.74) is 0. The summed E-state index contributed by atoms with van der Waals surface area (Å²) in [5, 5.41) is 13.1. The maximum atomic E-state index is 12.1. The monoisotopic (exact) mass is 310 g/mol. The van der Waals surface area contributed by atoms with Crippen LogP contribution in [0.4, 0.5) is 0 Å². The summed E-state index contributed by atoms with van der Waals surface area (Å²) >= 11 is 0. The van der Waals surface area contributed by atoms with Gasteiger partial charge in [0.2, 0.25) is 5.91 Å². The molecule has 1 saturated carbocycles. The number of hydrogen-bond donors (Lipinski definition) is 2. The Morgan fingerprint density at radius 2 is 1.86 bits per heavy atom. The van der Waals surface area contributed by atoms with Gasteiger partial charge in [0.05, 0.1) is 6.10 Å². The van der Waals surface area contributed by atoms with Crippen molar-refractivity contribution in [1.29, 1.82) is 0 Å². The highest BCUT2D eigenvalue weighted by Gasteiger charge is 2.23. The molecule has 2 unspecified atom stereocenters. The summed E-state index contributed by atoms with van der Waals surface area (Å²) in [7, 11) is 0. The molecular formula is C18H34N2O2. The molecule has 128 valence electrons. The van der Waals surface area contributed by atoms with E-state index in [4.69, 9.17) is 0 Å². The molecule has 1 saturated heterocycles. The second kappa shape index (κ2) is 8.88. The van der Waals surface area contributed by atoms with E-state index in [1.54, 1.807) is 0 Å². The highest BCUT2D eigenvalue weighted by molar-refractivity contribution is 5.78. The van der Waals surface area contributed by atoms with Gasteiger partial charge >= 0.3 is 0 Å². The second-order valence-electron chi connectivity index (χ2n) is 7.67. The summed E-state index contributed by atoms with van der Waals surface area (Å²) in [6, 6.07) is 0. The minimum absolute atomic E-state index is 0.0751. The van der Waals surface area contributed by atoms with Gasteiger partial charge in [0.15, 0.2) is 0 Å². The van der Waals surface area contributed by atoms with Crippen LogP contribution in [-0.2, 0) is 4.79 Å². The van der Waals surface area contributed by atoms with Crippen LogP contribution in [0.5, 0.6) is 0 Å². The van der Waals surface area contributed by atoms with Crippen LogP contribution in [0, 0.1) is 17.8 Å². The van der Waals surface area contributed by atoms with Crippen molar-refractivity contribution in [2.24, 2.45) is 17.8 Å². The highest BCUT2D eigenvalue weighted by Crippen LogP contribution is 2.30. The molecule has 2 rings (SSSR count). The lowest BCUT2D eigenvalue weighted by Gasteiger charge is -2.31. The minimum atomic E-state index is -0.448. The number of β-amino-alcohol motifs (C(OH)–C–C–N with tert-alkyl or cyclic N) is 1. The number of carbonyl (C=O) groups excluding carboxylic acids is 1. The molecule has 1 amide bonds. The number of amides is 1. The standard InChI is InChI=1S/C18H34N2O2/c1-14-7-9-20(10-8-14)13-17(21)12-19-18(22)15(2)11-16-5-3-4-6-16/h14-17,21H,3-13H2,1-2H3,(H,19,22). The molecule has 0 bridgehead atoms. The number of likely N-dealkylation sites (tertiary alicyclic amines) is 1. The first-order chi connectivity index (χ1) is 10.5. The fourth-order valence-electron chi connectivity index (χ4n) is 3.85. The highest BCUT2D eigenvalue weighted by atomic mass is 16.3. The third-order valence-corrected chi connectivity index (χ3v) is 5.47. The van der Waals surface area contributed by atoms with E-state index in [2.05, 4.69) is 17.1 Å². The third-order valence-electron chi connectivity index (χ3n) is 5.47. The first-order valence-electron chi connectivity index (χ1n) is 9.22. The van der Waals surface area contributed by atoms with Crippen LogP contribution in [0.15, 0.2) is 0 Å². The first kappa shape index (κ1) is 17.7. The van der Waals surface area contributed by atoms with Crippen molar-refractivity contribution in [1.82, 2.24) is 10.2 Å². The van der Waals surface area contributed by atoms with Gasteiger partial charge in [0.1, 0.15) is 0 Å². The van der Waals surface area contributed by atoms with Crippen molar-refractivity contribution in [2.75, 3.05) is 26.2 Å². The molecule has 2 aliphatic rings. The number of nitrogens with zero attached hydrogens (tertiary/aromatic N) is 1. The van der Waals surface area contributed by atoms with Crippen LogP contribution in [0.1, 0.15) is 58.8 Å². The van der Waals surface area contributed by atoms with Gasteiger partial charge in [-0.25, -0.2) is 0 Å². The number of nitrogens with one attached hydrogen (secondary N) is 1. The molecule has 2 atom stereocenters. The summed E-state index contributed by atoms with van der Waals surface area (Å²) in [6.07, 6.45) is 8.22. The van der Waals surface area contributed by atoms with Crippen molar-refractivity contribution in [3.8, 4) is 0 Å². The fourth-order valence-corrected chi connectivity index (χ4v) is 3.85. The van der Waals surface area contributed by atoms with Crippen LogP contribution in [0.2, 0.25) is 0 Å². The average Bonchev–Trinajstić information content (AvgIpc) is 3.00. The van der Waals surface area contributed by atoms with E-state index in [1.807, 2.05) is 6.92 Å². The van der Waals surface area contributed by atoms with Gasteiger partial charge in [-0.2, -0.15) is 0 Å². The molecule has 1 aliphatic carbocycles. The normalized spacial score (nSPS) is 24.3. The van der Waals surface area contributed by atoms with Gasteiger partial charge in [-0.05, 0) is 44.2 Å². The van der Waals surface area contributed by atoms with Crippen molar-refractivity contribution in [3.63, 3.8) is 0 Å². The molecular weight excluding hydrogens is 276 g/mol. The molecule has 0 aromatic rings. The topological polar surface area (TPSA) is 52.6 Å². The van der Waals surface area contributed by atoms with E-state index in [-0.39, 0.29) is 11.8 Å². The lowest BCUT2D eigenvalue weighted by atomic mass is 9.94. The van der Waals surface area contributed by atoms with Gasteiger partial charge < -0.3 is 15.3 Å². The Balaban J connectivity index is 1.60. The first-order valence-corrected chi connectivity index (χ1v) is 9.22. The Labute approximate surface area is 135 Å². The Morgan fingerprint density at radius 1 is 1.23 bits per heavy atom. The SMILES string of the molecule is CC1CCN(CC(O)CNC(=O)C(C)CC2CCCC2)CC1. The second-order valence-corrected chi connectivity index (χ2v) is 7.67. The maximum Gasteiger partial charge on any atom is 0.222 e. The van der Waals surface area contributed by atoms with Gasteiger partial charge in [-0.15, -0.1) is 0 Å². The third kappa shape index (κ3) is 5.88. The number of carbonyl (C=O) groups is 1. The Bertz CT molecular complexity index is 334. The van der Waals surface area contributed by atoms with E-state index in [9.17, 15) is 9.90 Å². The lowest BCUT2D eigenvalue weighted by Crippen LogP contribution is -2.44. The van der Waals surface area contributed by atoms with Crippen molar-refractivity contribution in [2.45, 2.75) is 64.9 Å². The van der Waals surface area contributed by atoms with E-state index in [0.29, 0.717) is 13.1 Å². The summed E-state index contributed by atoms with van der Waals surface area (Å²) in [5.74, 6) is 1.73. The van der Waals surface area contributed by atoms with Crippen molar-refractivity contribution < 1.29 is 9.90 Å². The van der Waals surface area contributed by atoms with Crippen molar-refractivity contribution in [3.05, 3.63) is 0 Å². The summed E-state index contributed by atoms with van der Waals surface area (Å²) < 4.78 is 0. The van der Waals surface area contributed by atoms with Gasteiger partial charge in [-0.3, -0.25) is 4.79 Å². The Morgan fingerprint density at radius 3 is 2.50 bits per heavy atom. The fraction of sp³-hybridized carbons (Fsp3) is 0.944. The zero-order chi connectivity index (χ0) is 15.9. The van der Waals surface area contributed by atoms with E-state index in [0.717, 1.165) is 31.3 Å². The molecule has 1 heterocycles. The summed E-state index contributed by atoms with van der Waals surface area (Å²) in [6.45, 7) is 7.53. The molecule has 2 N–H and O–H groups in total. The number of aliphatic hydroxyl groups excluding tert-OH is 1. The molecule has 0 radical (unpaired) electrons. The number of hydrogen-bond acceptors (Lipinski definition) is 3.